The van der Waals surface area contributed by atoms with Gasteiger partial charge in [0.2, 0.25) is 0 Å². The summed E-state index contributed by atoms with van der Waals surface area (Å²) in [6.45, 7) is 5.17. The number of cyclic esters (lactones) is 1. The number of epoxide rings is 1. The summed E-state index contributed by atoms with van der Waals surface area (Å²) in [5, 5.41) is 0. The number of esters is 2. The molecule has 2 aromatic carbocycles. The van der Waals surface area contributed by atoms with Crippen molar-refractivity contribution in [1.82, 2.24) is 0 Å². The van der Waals surface area contributed by atoms with Crippen molar-refractivity contribution < 1.29 is 47.1 Å². The first-order valence-electron chi connectivity index (χ1n) is 13.3. The zero-order valence-electron chi connectivity index (χ0n) is 23.5. The van der Waals surface area contributed by atoms with Crippen LogP contribution in [0.4, 0.5) is 4.39 Å². The van der Waals surface area contributed by atoms with Gasteiger partial charge in [0.15, 0.2) is 12.9 Å². The van der Waals surface area contributed by atoms with Crippen LogP contribution in [0.1, 0.15) is 53.5 Å². The molecule has 0 aromatic heterocycles. The topological polar surface area (TPSA) is 102 Å². The second-order valence-corrected chi connectivity index (χ2v) is 10.6. The lowest BCUT2D eigenvalue weighted by atomic mass is 9.87. The predicted octanol–water partition coefficient (Wildman–Crippen LogP) is 5.03. The van der Waals surface area contributed by atoms with Crippen LogP contribution in [0.5, 0.6) is 11.5 Å². The molecule has 2 aromatic rings. The van der Waals surface area contributed by atoms with Crippen molar-refractivity contribution in [2.75, 3.05) is 21.0 Å². The van der Waals surface area contributed by atoms with Crippen LogP contribution in [0.15, 0.2) is 60.4 Å². The maximum absolute atomic E-state index is 15.8. The molecule has 3 aliphatic heterocycles. The second-order valence-electron chi connectivity index (χ2n) is 10.6. The quantitative estimate of drug-likeness (QED) is 0.270. The van der Waals surface area contributed by atoms with E-state index in [1.165, 1.54) is 20.3 Å². The zero-order valence-corrected chi connectivity index (χ0v) is 23.5. The molecule has 0 saturated carbocycles. The highest BCUT2D eigenvalue weighted by molar-refractivity contribution is 5.97. The van der Waals surface area contributed by atoms with Crippen LogP contribution < -0.4 is 9.47 Å². The van der Waals surface area contributed by atoms with E-state index >= 15 is 4.39 Å². The van der Waals surface area contributed by atoms with Gasteiger partial charge in [-0.25, -0.2) is 14.0 Å². The fourth-order valence-electron chi connectivity index (χ4n) is 5.27. The van der Waals surface area contributed by atoms with Crippen LogP contribution in [0.3, 0.4) is 0 Å². The van der Waals surface area contributed by atoms with Crippen LogP contribution in [-0.4, -0.2) is 68.6 Å². The number of hydrogen-bond donors (Lipinski definition) is 0. The zero-order chi connectivity index (χ0) is 29.4. The summed E-state index contributed by atoms with van der Waals surface area (Å²) in [6, 6.07) is 11.6. The van der Waals surface area contributed by atoms with Gasteiger partial charge in [0.05, 0.1) is 18.3 Å². The molecule has 0 spiro atoms. The fraction of sp³-hybridized carbons (Fsp3) is 0.419. The normalized spacial score (nSPS) is 30.4. The Balaban J connectivity index is 1.57. The highest BCUT2D eigenvalue weighted by Gasteiger charge is 2.75. The minimum atomic E-state index is -1.38. The molecule has 218 valence electrons. The lowest BCUT2D eigenvalue weighted by molar-refractivity contribution is -0.132. The summed E-state index contributed by atoms with van der Waals surface area (Å²) in [5.41, 5.74) is -1.02. The number of fused-ring (bicyclic) bond motifs is 1. The van der Waals surface area contributed by atoms with Crippen molar-refractivity contribution >= 4 is 18.0 Å². The fourth-order valence-corrected chi connectivity index (χ4v) is 5.27. The Morgan fingerprint density at radius 1 is 1.12 bits per heavy atom. The first-order chi connectivity index (χ1) is 19.6. The van der Waals surface area contributed by atoms with Gasteiger partial charge in [-0.2, -0.15) is 0 Å². The number of carbonyl (C=O) groups is 2. The van der Waals surface area contributed by atoms with Crippen LogP contribution in [0.25, 0.3) is 6.08 Å². The molecular formula is C31H33FO9. The number of rotatable bonds is 6. The maximum atomic E-state index is 15.8. The van der Waals surface area contributed by atoms with Crippen molar-refractivity contribution in [2.24, 2.45) is 0 Å². The monoisotopic (exact) mass is 568 g/mol. The number of methoxy groups -OCH3 is 2. The lowest BCUT2D eigenvalue weighted by Crippen LogP contribution is -2.40. The number of carbonyl (C=O) groups excluding carboxylic acids is 2. The van der Waals surface area contributed by atoms with Crippen LogP contribution in [-0.2, 0) is 23.7 Å². The molecule has 2 fully saturated rings. The smallest absolute Gasteiger partial charge is 0.342 e. The molecule has 0 amide bonds. The number of hydrogen-bond acceptors (Lipinski definition) is 9. The predicted molar refractivity (Wildman–Crippen MR) is 145 cm³/mol. The third-order valence-electron chi connectivity index (χ3n) is 7.51. The minimum Gasteiger partial charge on any atom is -0.497 e. The molecule has 0 N–H and O–H groups in total. The van der Waals surface area contributed by atoms with E-state index in [1.54, 1.807) is 61.5 Å². The molecule has 0 aliphatic carbocycles. The first kappa shape index (κ1) is 28.8. The Morgan fingerprint density at radius 2 is 1.88 bits per heavy atom. The van der Waals surface area contributed by atoms with E-state index in [2.05, 4.69) is 0 Å². The van der Waals surface area contributed by atoms with Gasteiger partial charge in [-0.05, 0) is 56.7 Å². The van der Waals surface area contributed by atoms with Gasteiger partial charge in [-0.3, -0.25) is 0 Å². The Bertz CT molecular complexity index is 1370. The highest BCUT2D eigenvalue weighted by atomic mass is 19.1. The Hall–Kier alpha value is -3.73. The molecule has 9 nitrogen and oxygen atoms in total. The van der Waals surface area contributed by atoms with E-state index in [0.29, 0.717) is 11.3 Å². The summed E-state index contributed by atoms with van der Waals surface area (Å²) in [5.74, 6) is -1.44. The summed E-state index contributed by atoms with van der Waals surface area (Å²) in [6.07, 6.45) is 1.09. The molecule has 3 aliphatic rings. The van der Waals surface area contributed by atoms with E-state index in [1.807, 2.05) is 13.8 Å². The van der Waals surface area contributed by atoms with Crippen LogP contribution >= 0.6 is 0 Å². The standard InChI is InChI=1S/C31H33FO9/c1-18-11-12-22(32)25(39-28(33)19-9-7-6-8-10-19)26-27-31(41-27,30(2,3)40-26)14-13-20-15-21(36-5)16-23(37-17-35-4)24(20)29(34)38-18/h6-10,12-16,18,25-27H,11,17H2,1-5H3/b14-13+,22-12+/t18-,25?,26+,27+,31?/m0/s1. The van der Waals surface area contributed by atoms with Gasteiger partial charge in [-0.15, -0.1) is 0 Å². The first-order valence-corrected chi connectivity index (χ1v) is 13.3. The van der Waals surface area contributed by atoms with Gasteiger partial charge >= 0.3 is 11.9 Å². The molecule has 0 radical (unpaired) electrons. The summed E-state index contributed by atoms with van der Waals surface area (Å²) >= 11 is 0. The van der Waals surface area contributed by atoms with Gasteiger partial charge in [0.1, 0.15) is 46.8 Å². The summed E-state index contributed by atoms with van der Waals surface area (Å²) in [4.78, 5) is 26.4. The van der Waals surface area contributed by atoms with Gasteiger partial charge in [0, 0.05) is 19.6 Å². The Labute approximate surface area is 237 Å². The van der Waals surface area contributed by atoms with Gasteiger partial charge in [0.25, 0.3) is 0 Å². The molecule has 2 unspecified atom stereocenters. The van der Waals surface area contributed by atoms with E-state index < -0.39 is 53.4 Å². The molecule has 41 heavy (non-hydrogen) atoms. The van der Waals surface area contributed by atoms with Crippen LogP contribution in [0, 0.1) is 0 Å². The SMILES string of the molecule is COCOc1cc(OC)cc2c1C(=O)O[C@@H](C)C/C=C(/F)C(OC(=O)c1ccccc1)[C@H]1OC(C)(C)C3(/C=C/2)O[C@H]13. The molecular weight excluding hydrogens is 535 g/mol. The van der Waals surface area contributed by atoms with E-state index in [4.69, 9.17) is 33.2 Å². The van der Waals surface area contributed by atoms with Crippen molar-refractivity contribution in [1.29, 1.82) is 0 Å². The average Bonchev–Trinajstić information content (AvgIpc) is 3.66. The number of benzene rings is 2. The molecule has 5 rings (SSSR count). The van der Waals surface area contributed by atoms with Gasteiger partial charge < -0.3 is 33.2 Å². The third kappa shape index (κ3) is 5.47. The molecule has 3 heterocycles. The van der Waals surface area contributed by atoms with Crippen molar-refractivity contribution in [3.63, 3.8) is 0 Å². The van der Waals surface area contributed by atoms with E-state index in [9.17, 15) is 9.59 Å². The minimum absolute atomic E-state index is 0.0132. The van der Waals surface area contributed by atoms with Crippen molar-refractivity contribution in [3.8, 4) is 11.5 Å². The summed E-state index contributed by atoms with van der Waals surface area (Å²) in [7, 11) is 2.97. The van der Waals surface area contributed by atoms with Crippen molar-refractivity contribution in [3.05, 3.63) is 77.1 Å². The third-order valence-corrected chi connectivity index (χ3v) is 7.51. The van der Waals surface area contributed by atoms with Gasteiger partial charge in [-0.1, -0.05) is 24.3 Å². The number of ether oxygens (including phenoxy) is 7. The van der Waals surface area contributed by atoms with Crippen molar-refractivity contribution in [2.45, 2.75) is 62.8 Å². The Morgan fingerprint density at radius 3 is 2.56 bits per heavy atom. The van der Waals surface area contributed by atoms with Crippen LogP contribution in [0.2, 0.25) is 0 Å². The average molecular weight is 569 g/mol. The molecule has 2 saturated heterocycles. The highest BCUT2D eigenvalue weighted by Crippen LogP contribution is 2.58. The summed E-state index contributed by atoms with van der Waals surface area (Å²) < 4.78 is 55.9. The molecule has 5 atom stereocenters. The lowest BCUT2D eigenvalue weighted by Gasteiger charge is -2.30. The van der Waals surface area contributed by atoms with E-state index in [-0.39, 0.29) is 30.1 Å². The second kappa shape index (κ2) is 11.3. The maximum Gasteiger partial charge on any atom is 0.342 e. The Kier molecular flexibility index (Phi) is 7.91. The largest absolute Gasteiger partial charge is 0.497 e. The molecule has 2 bridgehead atoms. The number of halogens is 1. The molecule has 10 heteroatoms. The van der Waals surface area contributed by atoms with E-state index in [0.717, 1.165) is 0 Å².